The number of carbonyl (C=O) groups excluding carboxylic acids is 2. The Kier molecular flexibility index (Phi) is 2.20. The average molecular weight is 236 g/mol. The van der Waals surface area contributed by atoms with Crippen molar-refractivity contribution in [3.63, 3.8) is 0 Å². The lowest BCUT2D eigenvalue weighted by atomic mass is 9.84. The highest BCUT2D eigenvalue weighted by Gasteiger charge is 2.28. The molecule has 0 atom stereocenters. The molecule has 0 N–H and O–H groups in total. The van der Waals surface area contributed by atoms with Crippen LogP contribution in [0.5, 0.6) is 0 Å². The van der Waals surface area contributed by atoms with Crippen LogP contribution in [0.2, 0.25) is 0 Å². The quantitative estimate of drug-likeness (QED) is 0.657. The molecule has 2 nitrogen and oxygen atoms in total. The van der Waals surface area contributed by atoms with Crippen molar-refractivity contribution < 1.29 is 9.59 Å². The van der Waals surface area contributed by atoms with Gasteiger partial charge in [0.05, 0.1) is 0 Å². The summed E-state index contributed by atoms with van der Waals surface area (Å²) in [6.07, 6.45) is 0. The first-order valence-corrected chi connectivity index (χ1v) is 5.89. The van der Waals surface area contributed by atoms with Crippen molar-refractivity contribution in [2.75, 3.05) is 0 Å². The second kappa shape index (κ2) is 3.64. The molecule has 0 aliphatic heterocycles. The Hall–Kier alpha value is -2.22. The summed E-state index contributed by atoms with van der Waals surface area (Å²) in [5.74, 6) is -0.769. The van der Waals surface area contributed by atoms with Crippen LogP contribution in [-0.4, -0.2) is 11.6 Å². The Bertz CT molecular complexity index is 736. The van der Waals surface area contributed by atoms with E-state index in [0.717, 1.165) is 21.9 Å². The van der Waals surface area contributed by atoms with E-state index in [-0.39, 0.29) is 11.6 Å². The number of allylic oxidation sites excluding steroid dienone is 2. The molecule has 18 heavy (non-hydrogen) atoms. The largest absolute Gasteiger partial charge is 0.285 e. The second-order valence-electron chi connectivity index (χ2n) is 4.65. The van der Waals surface area contributed by atoms with Gasteiger partial charge in [0, 0.05) is 11.1 Å². The molecule has 0 radical (unpaired) electrons. The second-order valence-corrected chi connectivity index (χ2v) is 4.65. The predicted octanol–water partition coefficient (Wildman–Crippen LogP) is 3.40. The first-order chi connectivity index (χ1) is 8.59. The molecular weight excluding hydrogens is 224 g/mol. The van der Waals surface area contributed by atoms with Crippen LogP contribution >= 0.6 is 0 Å². The predicted molar refractivity (Wildman–Crippen MR) is 71.6 cm³/mol. The highest BCUT2D eigenvalue weighted by atomic mass is 16.2. The van der Waals surface area contributed by atoms with Gasteiger partial charge in [-0.2, -0.15) is 0 Å². The van der Waals surface area contributed by atoms with Crippen molar-refractivity contribution in [2.24, 2.45) is 0 Å². The summed E-state index contributed by atoms with van der Waals surface area (Å²) in [7, 11) is 0. The van der Waals surface area contributed by atoms with Gasteiger partial charge in [0.25, 0.3) is 0 Å². The van der Waals surface area contributed by atoms with Crippen LogP contribution in [0.1, 0.15) is 29.8 Å². The van der Waals surface area contributed by atoms with Crippen LogP contribution in [0.4, 0.5) is 0 Å². The summed E-state index contributed by atoms with van der Waals surface area (Å²) in [5, 5.41) is 2.08. The number of Topliss-reactive ketones (excluding diaryl/α,β-unsaturated/α-hetero) is 2. The Morgan fingerprint density at radius 2 is 1.28 bits per heavy atom. The molecule has 0 heterocycles. The normalized spacial score (nSPS) is 15.2. The van der Waals surface area contributed by atoms with Gasteiger partial charge >= 0.3 is 0 Å². The molecule has 0 unspecified atom stereocenters. The van der Waals surface area contributed by atoms with Gasteiger partial charge in [-0.1, -0.05) is 24.3 Å². The SMILES string of the molecule is CC1=C(C)c2cc3ccccc3cc2C(=O)C1=O. The van der Waals surface area contributed by atoms with E-state index in [1.807, 2.05) is 43.3 Å². The minimum atomic E-state index is -0.390. The third kappa shape index (κ3) is 1.35. The first-order valence-electron chi connectivity index (χ1n) is 5.89. The number of benzene rings is 2. The molecule has 0 aromatic heterocycles. The van der Waals surface area contributed by atoms with Gasteiger partial charge in [-0.25, -0.2) is 0 Å². The van der Waals surface area contributed by atoms with Gasteiger partial charge in [0.2, 0.25) is 11.6 Å². The molecular formula is C16H12O2. The zero-order chi connectivity index (χ0) is 12.9. The summed E-state index contributed by atoms with van der Waals surface area (Å²) in [4.78, 5) is 23.9. The molecule has 3 rings (SSSR count). The monoisotopic (exact) mass is 236 g/mol. The summed E-state index contributed by atoms with van der Waals surface area (Å²) in [6.45, 7) is 3.61. The number of fused-ring (bicyclic) bond motifs is 2. The van der Waals surface area contributed by atoms with Gasteiger partial charge in [-0.3, -0.25) is 9.59 Å². The molecule has 2 heteroatoms. The minimum Gasteiger partial charge on any atom is -0.285 e. The van der Waals surface area contributed by atoms with Crippen LogP contribution in [0, 0.1) is 0 Å². The van der Waals surface area contributed by atoms with E-state index in [4.69, 9.17) is 0 Å². The number of rotatable bonds is 0. The molecule has 2 aromatic rings. The lowest BCUT2D eigenvalue weighted by Gasteiger charge is -2.18. The van der Waals surface area contributed by atoms with Crippen molar-refractivity contribution in [1.82, 2.24) is 0 Å². The van der Waals surface area contributed by atoms with Crippen molar-refractivity contribution in [3.8, 4) is 0 Å². The maximum absolute atomic E-state index is 12.0. The van der Waals surface area contributed by atoms with E-state index >= 15 is 0 Å². The van der Waals surface area contributed by atoms with Gasteiger partial charge in [0.15, 0.2) is 0 Å². The van der Waals surface area contributed by atoms with Crippen molar-refractivity contribution in [1.29, 1.82) is 0 Å². The lowest BCUT2D eigenvalue weighted by Crippen LogP contribution is -2.22. The average Bonchev–Trinajstić information content (AvgIpc) is 2.41. The fourth-order valence-corrected chi connectivity index (χ4v) is 2.40. The van der Waals surface area contributed by atoms with Crippen molar-refractivity contribution >= 4 is 27.9 Å². The first kappa shape index (κ1) is 10.9. The third-order valence-electron chi connectivity index (χ3n) is 3.64. The molecule has 88 valence electrons. The Labute approximate surface area is 105 Å². The molecule has 0 fully saturated rings. The maximum atomic E-state index is 12.0. The van der Waals surface area contributed by atoms with Gasteiger partial charge in [-0.15, -0.1) is 0 Å². The zero-order valence-electron chi connectivity index (χ0n) is 10.3. The van der Waals surface area contributed by atoms with Crippen LogP contribution in [0.3, 0.4) is 0 Å². The fraction of sp³-hybridized carbons (Fsp3) is 0.125. The van der Waals surface area contributed by atoms with E-state index in [0.29, 0.717) is 11.1 Å². The smallest absolute Gasteiger partial charge is 0.233 e. The summed E-state index contributed by atoms with van der Waals surface area (Å²) < 4.78 is 0. The van der Waals surface area contributed by atoms with E-state index < -0.39 is 0 Å². The van der Waals surface area contributed by atoms with E-state index in [2.05, 4.69) is 0 Å². The van der Waals surface area contributed by atoms with Gasteiger partial charge in [-0.05, 0) is 47.9 Å². The number of hydrogen-bond donors (Lipinski definition) is 0. The highest BCUT2D eigenvalue weighted by Crippen LogP contribution is 2.32. The molecule has 0 saturated carbocycles. The van der Waals surface area contributed by atoms with Crippen LogP contribution in [0.15, 0.2) is 42.0 Å². The highest BCUT2D eigenvalue weighted by molar-refractivity contribution is 6.52. The molecule has 1 aliphatic carbocycles. The van der Waals surface area contributed by atoms with E-state index in [1.165, 1.54) is 0 Å². The molecule has 2 aromatic carbocycles. The molecule has 1 aliphatic rings. The Morgan fingerprint density at radius 3 is 1.89 bits per heavy atom. The van der Waals surface area contributed by atoms with Crippen molar-refractivity contribution in [3.05, 3.63) is 53.1 Å². The van der Waals surface area contributed by atoms with Crippen molar-refractivity contribution in [2.45, 2.75) is 13.8 Å². The summed E-state index contributed by atoms with van der Waals surface area (Å²) >= 11 is 0. The summed E-state index contributed by atoms with van der Waals surface area (Å²) in [6, 6.07) is 11.7. The third-order valence-corrected chi connectivity index (χ3v) is 3.64. The summed E-state index contributed by atoms with van der Waals surface area (Å²) in [5.41, 5.74) is 2.88. The lowest BCUT2D eigenvalue weighted by molar-refractivity contribution is -0.111. The molecule has 0 amide bonds. The van der Waals surface area contributed by atoms with E-state index in [9.17, 15) is 9.59 Å². The molecule has 0 spiro atoms. The topological polar surface area (TPSA) is 34.1 Å². The Balaban J connectivity index is 2.42. The van der Waals surface area contributed by atoms with E-state index in [1.54, 1.807) is 6.92 Å². The fourth-order valence-electron chi connectivity index (χ4n) is 2.40. The minimum absolute atomic E-state index is 0.379. The van der Waals surface area contributed by atoms with Crippen LogP contribution in [0.25, 0.3) is 16.3 Å². The standard InChI is InChI=1S/C16H12O2/c1-9-10(2)15(17)16(18)14-8-12-6-4-3-5-11(12)7-13(9)14/h3-8H,1-2H3. The number of hydrogen-bond acceptors (Lipinski definition) is 2. The van der Waals surface area contributed by atoms with Gasteiger partial charge in [0.1, 0.15) is 0 Å². The van der Waals surface area contributed by atoms with Crippen LogP contribution in [-0.2, 0) is 4.79 Å². The Morgan fingerprint density at radius 1 is 0.722 bits per heavy atom. The number of carbonyl (C=O) groups is 2. The molecule has 0 bridgehead atoms. The zero-order valence-corrected chi connectivity index (χ0v) is 10.3. The number of ketones is 2. The van der Waals surface area contributed by atoms with Crippen LogP contribution < -0.4 is 0 Å². The molecule has 0 saturated heterocycles. The maximum Gasteiger partial charge on any atom is 0.233 e. The van der Waals surface area contributed by atoms with Gasteiger partial charge < -0.3 is 0 Å².